The number of rotatable bonds is 6. The van der Waals surface area contributed by atoms with Gasteiger partial charge in [0, 0.05) is 18.7 Å². The van der Waals surface area contributed by atoms with E-state index < -0.39 is 0 Å². The maximum absolute atomic E-state index is 5.76. The molecule has 1 aliphatic rings. The Bertz CT molecular complexity index is 413. The van der Waals surface area contributed by atoms with Gasteiger partial charge in [-0.3, -0.25) is 0 Å². The topological polar surface area (TPSA) is 30.5 Å². The first-order valence-corrected chi connectivity index (χ1v) is 7.66. The van der Waals surface area contributed by atoms with Gasteiger partial charge < -0.3 is 14.8 Å². The fraction of sp³-hybridized carbons (Fsp3) is 0.647. The van der Waals surface area contributed by atoms with E-state index in [9.17, 15) is 0 Å². The normalized spacial score (nSPS) is 21.9. The molecule has 3 unspecified atom stereocenters. The summed E-state index contributed by atoms with van der Waals surface area (Å²) in [7, 11) is 0. The Kier molecular flexibility index (Phi) is 5.44. The van der Waals surface area contributed by atoms with Crippen molar-refractivity contribution in [1.82, 2.24) is 5.32 Å². The third-order valence-corrected chi connectivity index (χ3v) is 3.91. The zero-order chi connectivity index (χ0) is 14.5. The Hall–Kier alpha value is -1.06. The van der Waals surface area contributed by atoms with Gasteiger partial charge in [-0.1, -0.05) is 12.1 Å². The van der Waals surface area contributed by atoms with Crippen LogP contribution in [0.1, 0.15) is 45.7 Å². The molecule has 0 amide bonds. The largest absolute Gasteiger partial charge is 0.491 e. The highest BCUT2D eigenvalue weighted by molar-refractivity contribution is 5.30. The molecule has 3 atom stereocenters. The van der Waals surface area contributed by atoms with Crippen molar-refractivity contribution in [2.75, 3.05) is 13.2 Å². The Labute approximate surface area is 122 Å². The molecule has 3 nitrogen and oxygen atoms in total. The Morgan fingerprint density at radius 3 is 2.70 bits per heavy atom. The summed E-state index contributed by atoms with van der Waals surface area (Å²) in [5.74, 6) is 1.58. The molecule has 0 spiro atoms. The molecule has 112 valence electrons. The van der Waals surface area contributed by atoms with Gasteiger partial charge in [0.15, 0.2) is 0 Å². The van der Waals surface area contributed by atoms with E-state index in [1.54, 1.807) is 0 Å². The van der Waals surface area contributed by atoms with E-state index in [-0.39, 0.29) is 6.10 Å². The van der Waals surface area contributed by atoms with Gasteiger partial charge in [0.1, 0.15) is 5.75 Å². The van der Waals surface area contributed by atoms with Crippen molar-refractivity contribution < 1.29 is 9.47 Å². The molecule has 1 saturated heterocycles. The quantitative estimate of drug-likeness (QED) is 0.862. The molecular weight excluding hydrogens is 250 g/mol. The molecule has 1 aromatic rings. The lowest BCUT2D eigenvalue weighted by molar-refractivity contribution is 0.177. The number of hydrogen-bond donors (Lipinski definition) is 1. The van der Waals surface area contributed by atoms with Crippen molar-refractivity contribution in [3.8, 4) is 5.75 Å². The molecule has 1 aromatic carbocycles. The van der Waals surface area contributed by atoms with E-state index in [1.807, 2.05) is 6.07 Å². The first-order valence-electron chi connectivity index (χ1n) is 7.66. The third kappa shape index (κ3) is 4.22. The highest BCUT2D eigenvalue weighted by atomic mass is 16.5. The highest BCUT2D eigenvalue weighted by Gasteiger charge is 2.23. The summed E-state index contributed by atoms with van der Waals surface area (Å²) in [5, 5.41) is 3.68. The predicted molar refractivity (Wildman–Crippen MR) is 82.1 cm³/mol. The first-order chi connectivity index (χ1) is 9.56. The van der Waals surface area contributed by atoms with Crippen molar-refractivity contribution in [1.29, 1.82) is 0 Å². The van der Waals surface area contributed by atoms with Gasteiger partial charge in [-0.05, 0) is 57.7 Å². The monoisotopic (exact) mass is 277 g/mol. The van der Waals surface area contributed by atoms with Crippen molar-refractivity contribution in [2.45, 2.75) is 52.3 Å². The second kappa shape index (κ2) is 7.09. The minimum atomic E-state index is 0.211. The average molecular weight is 277 g/mol. The summed E-state index contributed by atoms with van der Waals surface area (Å²) in [4.78, 5) is 0. The Balaban J connectivity index is 1.95. The number of nitrogens with one attached hydrogen (secondary N) is 1. The SMILES string of the molecule is CC(C)Oc1cccc(C(C)NC(C)C2CCOC2)c1. The van der Waals surface area contributed by atoms with Crippen LogP contribution in [0.4, 0.5) is 0 Å². The molecule has 0 radical (unpaired) electrons. The van der Waals surface area contributed by atoms with Crippen molar-refractivity contribution in [2.24, 2.45) is 5.92 Å². The van der Waals surface area contributed by atoms with E-state index in [2.05, 4.69) is 51.2 Å². The average Bonchev–Trinajstić information content (AvgIpc) is 2.92. The van der Waals surface area contributed by atoms with Crippen LogP contribution >= 0.6 is 0 Å². The van der Waals surface area contributed by atoms with Gasteiger partial charge in [-0.15, -0.1) is 0 Å². The summed E-state index contributed by atoms with van der Waals surface area (Å²) in [6.07, 6.45) is 1.38. The lowest BCUT2D eigenvalue weighted by atomic mass is 9.98. The van der Waals surface area contributed by atoms with Gasteiger partial charge in [0.25, 0.3) is 0 Å². The Morgan fingerprint density at radius 2 is 2.05 bits per heavy atom. The van der Waals surface area contributed by atoms with Crippen LogP contribution in [0.3, 0.4) is 0 Å². The summed E-state index contributed by atoms with van der Waals surface area (Å²) in [6.45, 7) is 10.4. The molecular formula is C17H27NO2. The second-order valence-corrected chi connectivity index (χ2v) is 6.04. The van der Waals surface area contributed by atoms with Crippen LogP contribution in [0.2, 0.25) is 0 Å². The fourth-order valence-electron chi connectivity index (χ4n) is 2.70. The summed E-state index contributed by atoms with van der Waals surface area (Å²) < 4.78 is 11.2. The molecule has 1 heterocycles. The van der Waals surface area contributed by atoms with Crippen LogP contribution in [-0.4, -0.2) is 25.4 Å². The van der Waals surface area contributed by atoms with Crippen LogP contribution in [-0.2, 0) is 4.74 Å². The lowest BCUT2D eigenvalue weighted by Gasteiger charge is -2.24. The lowest BCUT2D eigenvalue weighted by Crippen LogP contribution is -2.35. The molecule has 1 N–H and O–H groups in total. The molecule has 2 rings (SSSR count). The van der Waals surface area contributed by atoms with Gasteiger partial charge in [-0.2, -0.15) is 0 Å². The summed E-state index contributed by atoms with van der Waals surface area (Å²) in [6, 6.07) is 9.17. The fourth-order valence-corrected chi connectivity index (χ4v) is 2.70. The minimum absolute atomic E-state index is 0.211. The number of hydrogen-bond acceptors (Lipinski definition) is 3. The highest BCUT2D eigenvalue weighted by Crippen LogP contribution is 2.23. The molecule has 0 saturated carbocycles. The maximum atomic E-state index is 5.76. The van der Waals surface area contributed by atoms with Crippen LogP contribution in [0.15, 0.2) is 24.3 Å². The van der Waals surface area contributed by atoms with Crippen molar-refractivity contribution in [3.63, 3.8) is 0 Å². The van der Waals surface area contributed by atoms with Crippen LogP contribution in [0.5, 0.6) is 5.75 Å². The van der Waals surface area contributed by atoms with Crippen molar-refractivity contribution >= 4 is 0 Å². The Morgan fingerprint density at radius 1 is 1.25 bits per heavy atom. The zero-order valence-corrected chi connectivity index (χ0v) is 13.1. The van der Waals surface area contributed by atoms with E-state index in [1.165, 1.54) is 5.56 Å². The molecule has 0 aromatic heterocycles. The van der Waals surface area contributed by atoms with E-state index in [0.29, 0.717) is 18.0 Å². The maximum Gasteiger partial charge on any atom is 0.120 e. The van der Waals surface area contributed by atoms with Crippen LogP contribution < -0.4 is 10.1 Å². The molecule has 1 aliphatic heterocycles. The first kappa shape index (κ1) is 15.3. The molecule has 20 heavy (non-hydrogen) atoms. The number of benzene rings is 1. The molecule has 0 bridgehead atoms. The summed E-state index contributed by atoms with van der Waals surface area (Å²) in [5.41, 5.74) is 1.27. The van der Waals surface area contributed by atoms with Gasteiger partial charge in [-0.25, -0.2) is 0 Å². The standard InChI is InChI=1S/C17H27NO2/c1-12(2)20-17-7-5-6-15(10-17)13(3)18-14(4)16-8-9-19-11-16/h5-7,10,12-14,16,18H,8-9,11H2,1-4H3. The zero-order valence-electron chi connectivity index (χ0n) is 13.1. The molecule has 1 fully saturated rings. The van der Waals surface area contributed by atoms with E-state index >= 15 is 0 Å². The third-order valence-electron chi connectivity index (χ3n) is 3.91. The minimum Gasteiger partial charge on any atom is -0.491 e. The van der Waals surface area contributed by atoms with Gasteiger partial charge in [0.2, 0.25) is 0 Å². The van der Waals surface area contributed by atoms with Gasteiger partial charge >= 0.3 is 0 Å². The molecule has 3 heteroatoms. The van der Waals surface area contributed by atoms with E-state index in [4.69, 9.17) is 9.47 Å². The predicted octanol–water partition coefficient (Wildman–Crippen LogP) is 3.55. The molecule has 0 aliphatic carbocycles. The number of ether oxygens (including phenoxy) is 2. The van der Waals surface area contributed by atoms with Crippen LogP contribution in [0.25, 0.3) is 0 Å². The van der Waals surface area contributed by atoms with Gasteiger partial charge in [0.05, 0.1) is 12.7 Å². The van der Waals surface area contributed by atoms with E-state index in [0.717, 1.165) is 25.4 Å². The smallest absolute Gasteiger partial charge is 0.120 e. The summed E-state index contributed by atoms with van der Waals surface area (Å²) >= 11 is 0. The van der Waals surface area contributed by atoms with Crippen LogP contribution in [0, 0.1) is 5.92 Å². The van der Waals surface area contributed by atoms with Crippen molar-refractivity contribution in [3.05, 3.63) is 29.8 Å². The second-order valence-electron chi connectivity index (χ2n) is 6.04.